The molecule has 0 spiro atoms. The minimum atomic E-state index is 0.438. The monoisotopic (exact) mass is 257 g/mol. The van der Waals surface area contributed by atoms with Crippen molar-refractivity contribution in [2.75, 3.05) is 33.4 Å². The predicted octanol–water partition coefficient (Wildman–Crippen LogP) is 4.20. The van der Waals surface area contributed by atoms with E-state index >= 15 is 0 Å². The smallest absolute Gasteiger partial charge is 0.0464 e. The third-order valence-electron chi connectivity index (χ3n) is 3.61. The fraction of sp³-hybridized carbons (Fsp3) is 1.00. The second-order valence-corrected chi connectivity index (χ2v) is 6.58. The summed E-state index contributed by atoms with van der Waals surface area (Å²) in [4.78, 5) is 2.52. The molecule has 0 aliphatic carbocycles. The highest BCUT2D eigenvalue weighted by Gasteiger charge is 2.18. The molecule has 0 aliphatic rings. The van der Waals surface area contributed by atoms with Crippen molar-refractivity contribution in [2.45, 2.75) is 60.3 Å². The number of nitrogens with zero attached hydrogens (tertiary/aromatic N) is 1. The van der Waals surface area contributed by atoms with E-state index < -0.39 is 0 Å². The molecule has 0 aliphatic heterocycles. The van der Waals surface area contributed by atoms with Gasteiger partial charge in [0.2, 0.25) is 0 Å². The Balaban J connectivity index is 3.99. The summed E-state index contributed by atoms with van der Waals surface area (Å²) in [6.07, 6.45) is 5.20. The van der Waals surface area contributed by atoms with E-state index in [1.54, 1.807) is 0 Å². The van der Waals surface area contributed by atoms with Gasteiger partial charge in [0.15, 0.2) is 0 Å². The Labute approximate surface area is 115 Å². The molecule has 0 rings (SSSR count). The number of methoxy groups -OCH3 is 1. The van der Waals surface area contributed by atoms with Gasteiger partial charge in [-0.15, -0.1) is 0 Å². The second kappa shape index (κ2) is 9.80. The lowest BCUT2D eigenvalue weighted by atomic mass is 9.81. The SMILES string of the molecule is CCN(CC)CCC[C@@H](CCOC)CC(C)(C)C. The van der Waals surface area contributed by atoms with Crippen LogP contribution in [-0.4, -0.2) is 38.3 Å². The maximum atomic E-state index is 5.25. The van der Waals surface area contributed by atoms with Crippen LogP contribution >= 0.6 is 0 Å². The van der Waals surface area contributed by atoms with Crippen molar-refractivity contribution >= 4 is 0 Å². The molecule has 0 unspecified atom stereocenters. The summed E-state index contributed by atoms with van der Waals surface area (Å²) in [6.45, 7) is 16.1. The first-order valence-corrected chi connectivity index (χ1v) is 7.64. The van der Waals surface area contributed by atoms with E-state index in [2.05, 4.69) is 39.5 Å². The fourth-order valence-electron chi connectivity index (χ4n) is 2.64. The predicted molar refractivity (Wildman–Crippen MR) is 81.1 cm³/mol. The molecular weight excluding hydrogens is 222 g/mol. The zero-order valence-electron chi connectivity index (χ0n) is 13.6. The average molecular weight is 257 g/mol. The van der Waals surface area contributed by atoms with Crippen LogP contribution in [0.1, 0.15) is 60.3 Å². The topological polar surface area (TPSA) is 12.5 Å². The third kappa shape index (κ3) is 9.90. The first-order chi connectivity index (χ1) is 8.42. The van der Waals surface area contributed by atoms with Crippen molar-refractivity contribution in [2.24, 2.45) is 11.3 Å². The zero-order valence-corrected chi connectivity index (χ0v) is 13.6. The molecule has 0 saturated carbocycles. The summed E-state index contributed by atoms with van der Waals surface area (Å²) < 4.78 is 5.25. The van der Waals surface area contributed by atoms with Crippen LogP contribution in [0.5, 0.6) is 0 Å². The molecule has 110 valence electrons. The van der Waals surface area contributed by atoms with Crippen LogP contribution in [0.2, 0.25) is 0 Å². The van der Waals surface area contributed by atoms with Crippen molar-refractivity contribution in [1.29, 1.82) is 0 Å². The molecule has 0 fully saturated rings. The van der Waals surface area contributed by atoms with Crippen molar-refractivity contribution in [3.63, 3.8) is 0 Å². The molecule has 0 heterocycles. The molecule has 0 aromatic heterocycles. The van der Waals surface area contributed by atoms with Gasteiger partial charge in [0, 0.05) is 13.7 Å². The van der Waals surface area contributed by atoms with Crippen LogP contribution in [0.3, 0.4) is 0 Å². The van der Waals surface area contributed by atoms with Gasteiger partial charge >= 0.3 is 0 Å². The maximum absolute atomic E-state index is 5.25. The van der Waals surface area contributed by atoms with Gasteiger partial charge in [-0.1, -0.05) is 34.6 Å². The van der Waals surface area contributed by atoms with Gasteiger partial charge in [-0.3, -0.25) is 0 Å². The largest absolute Gasteiger partial charge is 0.385 e. The number of hydrogen-bond acceptors (Lipinski definition) is 2. The Hall–Kier alpha value is -0.0800. The van der Waals surface area contributed by atoms with Crippen molar-refractivity contribution < 1.29 is 4.74 Å². The number of hydrogen-bond donors (Lipinski definition) is 0. The molecule has 0 N–H and O–H groups in total. The Morgan fingerprint density at radius 1 is 1.06 bits per heavy atom. The quantitative estimate of drug-likeness (QED) is 0.581. The summed E-state index contributed by atoms with van der Waals surface area (Å²) >= 11 is 0. The van der Waals surface area contributed by atoms with Gasteiger partial charge in [0.05, 0.1) is 0 Å². The standard InChI is InChI=1S/C16H35NO/c1-7-17(8-2)12-9-10-15(11-13-18-6)14-16(3,4)5/h15H,7-14H2,1-6H3/t15-/m0/s1. The molecule has 0 amide bonds. The molecular formula is C16H35NO. The molecule has 1 atom stereocenters. The van der Waals surface area contributed by atoms with Crippen molar-refractivity contribution in [3.8, 4) is 0 Å². The molecule has 18 heavy (non-hydrogen) atoms. The number of ether oxygens (including phenoxy) is 1. The lowest BCUT2D eigenvalue weighted by molar-refractivity contribution is 0.155. The van der Waals surface area contributed by atoms with Gasteiger partial charge in [0.25, 0.3) is 0 Å². The normalized spacial score (nSPS) is 14.2. The van der Waals surface area contributed by atoms with E-state index in [4.69, 9.17) is 4.74 Å². The molecule has 0 aromatic rings. The highest BCUT2D eigenvalue weighted by Crippen LogP contribution is 2.29. The van der Waals surface area contributed by atoms with Gasteiger partial charge < -0.3 is 9.64 Å². The Bertz CT molecular complexity index is 182. The van der Waals surface area contributed by atoms with E-state index in [1.807, 2.05) is 7.11 Å². The van der Waals surface area contributed by atoms with E-state index in [0.29, 0.717) is 5.41 Å². The van der Waals surface area contributed by atoms with Crippen LogP contribution in [-0.2, 0) is 4.74 Å². The van der Waals surface area contributed by atoms with Crippen molar-refractivity contribution in [3.05, 3.63) is 0 Å². The Morgan fingerprint density at radius 2 is 1.67 bits per heavy atom. The Kier molecular flexibility index (Phi) is 9.76. The molecule has 0 radical (unpaired) electrons. The fourth-order valence-corrected chi connectivity index (χ4v) is 2.64. The van der Waals surface area contributed by atoms with Crippen LogP contribution < -0.4 is 0 Å². The molecule has 2 nitrogen and oxygen atoms in total. The van der Waals surface area contributed by atoms with E-state index in [-0.39, 0.29) is 0 Å². The summed E-state index contributed by atoms with van der Waals surface area (Å²) in [7, 11) is 1.81. The van der Waals surface area contributed by atoms with Crippen LogP contribution in [0.15, 0.2) is 0 Å². The summed E-state index contributed by atoms with van der Waals surface area (Å²) in [5.41, 5.74) is 0.438. The lowest BCUT2D eigenvalue weighted by Gasteiger charge is -2.27. The second-order valence-electron chi connectivity index (χ2n) is 6.58. The van der Waals surface area contributed by atoms with Gasteiger partial charge in [0.1, 0.15) is 0 Å². The highest BCUT2D eigenvalue weighted by molar-refractivity contribution is 4.70. The highest BCUT2D eigenvalue weighted by atomic mass is 16.5. The lowest BCUT2D eigenvalue weighted by Crippen LogP contribution is -2.25. The van der Waals surface area contributed by atoms with Gasteiger partial charge in [-0.2, -0.15) is 0 Å². The van der Waals surface area contributed by atoms with Gasteiger partial charge in [-0.05, 0) is 56.7 Å². The van der Waals surface area contributed by atoms with E-state index in [1.165, 1.54) is 45.3 Å². The summed E-state index contributed by atoms with van der Waals surface area (Å²) in [5.74, 6) is 0.820. The molecule has 0 saturated heterocycles. The van der Waals surface area contributed by atoms with Crippen LogP contribution in [0, 0.1) is 11.3 Å². The molecule has 2 heteroatoms. The molecule has 0 bridgehead atoms. The van der Waals surface area contributed by atoms with Crippen LogP contribution in [0.25, 0.3) is 0 Å². The molecule has 0 aromatic carbocycles. The minimum Gasteiger partial charge on any atom is -0.385 e. The Morgan fingerprint density at radius 3 is 2.11 bits per heavy atom. The zero-order chi connectivity index (χ0) is 14.0. The first-order valence-electron chi connectivity index (χ1n) is 7.64. The summed E-state index contributed by atoms with van der Waals surface area (Å²) in [6, 6.07) is 0. The average Bonchev–Trinajstić information content (AvgIpc) is 2.29. The number of rotatable bonds is 10. The minimum absolute atomic E-state index is 0.438. The maximum Gasteiger partial charge on any atom is 0.0464 e. The van der Waals surface area contributed by atoms with Gasteiger partial charge in [-0.25, -0.2) is 0 Å². The van der Waals surface area contributed by atoms with E-state index in [9.17, 15) is 0 Å². The van der Waals surface area contributed by atoms with Crippen molar-refractivity contribution in [1.82, 2.24) is 4.90 Å². The van der Waals surface area contributed by atoms with E-state index in [0.717, 1.165) is 12.5 Å². The van der Waals surface area contributed by atoms with Crippen LogP contribution in [0.4, 0.5) is 0 Å². The summed E-state index contributed by atoms with van der Waals surface area (Å²) in [5, 5.41) is 0. The third-order valence-corrected chi connectivity index (χ3v) is 3.61. The first kappa shape index (κ1) is 17.9.